The van der Waals surface area contributed by atoms with Crippen LogP contribution in [0.4, 0.5) is 17.8 Å². The number of ketones is 1. The van der Waals surface area contributed by atoms with Crippen molar-refractivity contribution in [3.05, 3.63) is 0 Å². The summed E-state index contributed by atoms with van der Waals surface area (Å²) in [4.78, 5) is 34.7. The number of hydrogen-bond donors (Lipinski definition) is 3. The number of hydrogen-bond acceptors (Lipinski definition) is 7. The molecule has 1 aromatic rings. The van der Waals surface area contributed by atoms with E-state index in [9.17, 15) is 9.59 Å². The maximum atomic E-state index is 11.7. The molecule has 0 radical (unpaired) electrons. The van der Waals surface area contributed by atoms with Crippen LogP contribution in [0.2, 0.25) is 0 Å². The predicted molar refractivity (Wildman–Crippen MR) is 66.9 cm³/mol. The first-order valence-electron chi connectivity index (χ1n) is 5.29. The van der Waals surface area contributed by atoms with Gasteiger partial charge in [0, 0.05) is 12.5 Å². The zero-order valence-corrected chi connectivity index (χ0v) is 10.7. The molecule has 1 heterocycles. The molecular weight excluding hydrogens is 236 g/mol. The van der Waals surface area contributed by atoms with E-state index >= 15 is 0 Å². The third-order valence-electron chi connectivity index (χ3n) is 1.99. The Morgan fingerprint density at radius 1 is 1.11 bits per heavy atom. The molecule has 0 unspecified atom stereocenters. The molecule has 0 aliphatic heterocycles. The van der Waals surface area contributed by atoms with E-state index in [4.69, 9.17) is 5.73 Å². The number of carbonyl (C=O) groups excluding carboxylic acids is 2. The van der Waals surface area contributed by atoms with Gasteiger partial charge in [-0.3, -0.25) is 14.9 Å². The Kier molecular flexibility index (Phi) is 3.79. The highest BCUT2D eigenvalue weighted by Crippen LogP contribution is 2.15. The molecule has 0 saturated heterocycles. The van der Waals surface area contributed by atoms with Crippen LogP contribution in [0.15, 0.2) is 0 Å². The quantitative estimate of drug-likeness (QED) is 0.649. The number of anilines is 3. The first kappa shape index (κ1) is 13.8. The summed E-state index contributed by atoms with van der Waals surface area (Å²) in [7, 11) is 1.60. The van der Waals surface area contributed by atoms with E-state index in [1.807, 2.05) is 0 Å². The van der Waals surface area contributed by atoms with Gasteiger partial charge >= 0.3 is 0 Å². The number of carbonyl (C=O) groups is 2. The fourth-order valence-corrected chi connectivity index (χ4v) is 1.06. The molecule has 4 N–H and O–H groups in total. The van der Waals surface area contributed by atoms with Gasteiger partial charge in [0.25, 0.3) is 5.91 Å². The van der Waals surface area contributed by atoms with Gasteiger partial charge in [0.15, 0.2) is 0 Å². The average molecular weight is 252 g/mol. The van der Waals surface area contributed by atoms with Crippen molar-refractivity contribution in [2.24, 2.45) is 5.41 Å². The molecule has 0 aromatic carbocycles. The molecule has 1 rings (SSSR count). The third-order valence-corrected chi connectivity index (χ3v) is 1.99. The van der Waals surface area contributed by atoms with E-state index in [1.165, 1.54) is 0 Å². The lowest BCUT2D eigenvalue weighted by Crippen LogP contribution is -2.34. The van der Waals surface area contributed by atoms with Gasteiger partial charge in [0.1, 0.15) is 0 Å². The number of rotatable bonds is 3. The van der Waals surface area contributed by atoms with Gasteiger partial charge in [-0.15, -0.1) is 0 Å². The summed E-state index contributed by atoms with van der Waals surface area (Å²) in [6.07, 6.45) is 0. The largest absolute Gasteiger partial charge is 0.368 e. The number of nitrogens with two attached hydrogens (primary N) is 1. The number of amides is 1. The SMILES string of the molecule is CNc1nc(N)nc(NC(=O)C(=O)C(C)(C)C)n1. The van der Waals surface area contributed by atoms with E-state index < -0.39 is 17.1 Å². The summed E-state index contributed by atoms with van der Waals surface area (Å²) in [6.45, 7) is 4.95. The maximum absolute atomic E-state index is 11.7. The van der Waals surface area contributed by atoms with Crippen molar-refractivity contribution in [2.75, 3.05) is 23.4 Å². The van der Waals surface area contributed by atoms with E-state index in [-0.39, 0.29) is 17.8 Å². The molecule has 1 amide bonds. The highest BCUT2D eigenvalue weighted by atomic mass is 16.2. The molecule has 0 aliphatic rings. The Hall–Kier alpha value is -2.25. The van der Waals surface area contributed by atoms with Crippen LogP contribution in [-0.4, -0.2) is 33.7 Å². The first-order valence-corrected chi connectivity index (χ1v) is 5.29. The smallest absolute Gasteiger partial charge is 0.294 e. The second-order valence-corrected chi connectivity index (χ2v) is 4.62. The van der Waals surface area contributed by atoms with Gasteiger partial charge in [-0.25, -0.2) is 0 Å². The monoisotopic (exact) mass is 252 g/mol. The second-order valence-electron chi connectivity index (χ2n) is 4.62. The molecule has 18 heavy (non-hydrogen) atoms. The van der Waals surface area contributed by atoms with Gasteiger partial charge in [-0.1, -0.05) is 20.8 Å². The fourth-order valence-electron chi connectivity index (χ4n) is 1.06. The van der Waals surface area contributed by atoms with Crippen molar-refractivity contribution < 1.29 is 9.59 Å². The van der Waals surface area contributed by atoms with Crippen LogP contribution in [0, 0.1) is 5.41 Å². The molecule has 0 bridgehead atoms. The maximum Gasteiger partial charge on any atom is 0.294 e. The van der Waals surface area contributed by atoms with Gasteiger partial charge in [-0.2, -0.15) is 15.0 Å². The van der Waals surface area contributed by atoms with Gasteiger partial charge in [0.2, 0.25) is 23.6 Å². The molecular formula is C10H16N6O2. The summed E-state index contributed by atoms with van der Waals surface area (Å²) < 4.78 is 0. The lowest BCUT2D eigenvalue weighted by molar-refractivity contribution is -0.139. The molecule has 8 heteroatoms. The fraction of sp³-hybridized carbons (Fsp3) is 0.500. The van der Waals surface area contributed by atoms with Crippen LogP contribution in [0.5, 0.6) is 0 Å². The van der Waals surface area contributed by atoms with Gasteiger partial charge in [0.05, 0.1) is 0 Å². The Bertz CT molecular complexity index is 480. The van der Waals surface area contributed by atoms with Crippen molar-refractivity contribution in [1.29, 1.82) is 0 Å². The lowest BCUT2D eigenvalue weighted by atomic mass is 9.90. The topological polar surface area (TPSA) is 123 Å². The number of Topliss-reactive ketones (excluding diaryl/α,β-unsaturated/α-hetero) is 1. The van der Waals surface area contributed by atoms with Crippen molar-refractivity contribution >= 4 is 29.5 Å². The number of nitrogen functional groups attached to an aromatic ring is 1. The third kappa shape index (κ3) is 3.37. The highest BCUT2D eigenvalue weighted by molar-refractivity contribution is 6.41. The number of nitrogens with zero attached hydrogens (tertiary/aromatic N) is 3. The summed E-state index contributed by atoms with van der Waals surface area (Å²) >= 11 is 0. The van der Waals surface area contributed by atoms with Crippen molar-refractivity contribution in [1.82, 2.24) is 15.0 Å². The van der Waals surface area contributed by atoms with Gasteiger partial charge < -0.3 is 11.1 Å². The number of nitrogens with one attached hydrogen (secondary N) is 2. The molecule has 0 atom stereocenters. The lowest BCUT2D eigenvalue weighted by Gasteiger charge is -2.15. The number of aromatic nitrogens is 3. The second kappa shape index (κ2) is 4.94. The van der Waals surface area contributed by atoms with E-state index in [0.29, 0.717) is 0 Å². The van der Waals surface area contributed by atoms with Crippen molar-refractivity contribution in [3.63, 3.8) is 0 Å². The van der Waals surface area contributed by atoms with E-state index in [0.717, 1.165) is 0 Å². The van der Waals surface area contributed by atoms with E-state index in [2.05, 4.69) is 25.6 Å². The first-order chi connectivity index (χ1) is 8.24. The Balaban J connectivity index is 2.89. The minimum atomic E-state index is -0.782. The predicted octanol–water partition coefficient (Wildman–Crippen LogP) is 0.0492. The standard InChI is InChI=1S/C10H16N6O2/c1-10(2,3)5(17)6(18)13-9-15-7(11)14-8(12-4)16-9/h1-4H3,(H4,11,12,13,14,15,16,18). The molecule has 0 saturated carbocycles. The highest BCUT2D eigenvalue weighted by Gasteiger charge is 2.28. The summed E-state index contributed by atoms with van der Waals surface area (Å²) in [5.74, 6) is -1.24. The van der Waals surface area contributed by atoms with Crippen LogP contribution >= 0.6 is 0 Å². The minimum Gasteiger partial charge on any atom is -0.368 e. The molecule has 0 spiro atoms. The molecule has 98 valence electrons. The van der Waals surface area contributed by atoms with E-state index in [1.54, 1.807) is 27.8 Å². The van der Waals surface area contributed by atoms with Crippen LogP contribution in [-0.2, 0) is 9.59 Å². The minimum absolute atomic E-state index is 0.0483. The Morgan fingerprint density at radius 2 is 1.67 bits per heavy atom. The Labute approximate surface area is 104 Å². The zero-order valence-electron chi connectivity index (χ0n) is 10.7. The molecule has 1 aromatic heterocycles. The van der Waals surface area contributed by atoms with Crippen LogP contribution in [0.3, 0.4) is 0 Å². The van der Waals surface area contributed by atoms with Crippen LogP contribution < -0.4 is 16.4 Å². The zero-order chi connectivity index (χ0) is 13.9. The normalized spacial score (nSPS) is 10.9. The van der Waals surface area contributed by atoms with Gasteiger partial charge in [-0.05, 0) is 0 Å². The summed E-state index contributed by atoms with van der Waals surface area (Å²) in [5, 5.41) is 4.96. The summed E-state index contributed by atoms with van der Waals surface area (Å²) in [5.41, 5.74) is 4.66. The van der Waals surface area contributed by atoms with Crippen molar-refractivity contribution in [2.45, 2.75) is 20.8 Å². The molecule has 8 nitrogen and oxygen atoms in total. The Morgan fingerprint density at radius 3 is 2.17 bits per heavy atom. The molecule has 0 aliphatic carbocycles. The van der Waals surface area contributed by atoms with Crippen LogP contribution in [0.25, 0.3) is 0 Å². The average Bonchev–Trinajstić information content (AvgIpc) is 2.25. The summed E-state index contributed by atoms with van der Waals surface area (Å²) in [6, 6.07) is 0. The van der Waals surface area contributed by atoms with Crippen molar-refractivity contribution in [3.8, 4) is 0 Å². The van der Waals surface area contributed by atoms with Crippen LogP contribution in [0.1, 0.15) is 20.8 Å². The molecule has 0 fully saturated rings.